The predicted molar refractivity (Wildman–Crippen MR) is 104 cm³/mol. The Bertz CT molecular complexity index is 909. The second kappa shape index (κ2) is 8.39. The Morgan fingerprint density at radius 1 is 0.929 bits per heavy atom. The van der Waals surface area contributed by atoms with Gasteiger partial charge in [-0.3, -0.25) is 14.4 Å². The Morgan fingerprint density at radius 2 is 1.50 bits per heavy atom. The molecule has 1 heterocycles. The molecule has 0 spiro atoms. The molecule has 1 fully saturated rings. The number of amides is 3. The fourth-order valence-electron chi connectivity index (χ4n) is 3.03. The van der Waals surface area contributed by atoms with Crippen molar-refractivity contribution in [3.8, 4) is 0 Å². The Morgan fingerprint density at radius 3 is 2.07 bits per heavy atom. The van der Waals surface area contributed by atoms with E-state index in [4.69, 9.17) is 11.6 Å². The van der Waals surface area contributed by atoms with Crippen LogP contribution in [0, 0.1) is 5.82 Å². The Labute approximate surface area is 166 Å². The lowest BCUT2D eigenvalue weighted by Gasteiger charge is -2.35. The lowest BCUT2D eigenvalue weighted by molar-refractivity contribution is -0.114. The van der Waals surface area contributed by atoms with Crippen LogP contribution in [0.15, 0.2) is 42.5 Å². The maximum Gasteiger partial charge on any atom is 0.257 e. The van der Waals surface area contributed by atoms with Crippen LogP contribution in [0.1, 0.15) is 27.6 Å². The van der Waals surface area contributed by atoms with E-state index in [0.29, 0.717) is 42.5 Å². The minimum atomic E-state index is -0.618. The van der Waals surface area contributed by atoms with Gasteiger partial charge < -0.3 is 15.1 Å². The highest BCUT2D eigenvalue weighted by atomic mass is 35.5. The SMILES string of the molecule is CC(=O)Nc1ccc(C(=O)N2CCN(C(=O)c3cc(Cl)ccc3F)CC2)cc1. The molecule has 0 aliphatic carbocycles. The molecule has 6 nitrogen and oxygen atoms in total. The molecule has 146 valence electrons. The molecule has 1 aliphatic rings. The van der Waals surface area contributed by atoms with E-state index >= 15 is 0 Å². The van der Waals surface area contributed by atoms with Gasteiger partial charge in [0.2, 0.25) is 5.91 Å². The van der Waals surface area contributed by atoms with Crippen molar-refractivity contribution in [2.24, 2.45) is 0 Å². The van der Waals surface area contributed by atoms with Gasteiger partial charge in [-0.15, -0.1) is 0 Å². The van der Waals surface area contributed by atoms with E-state index in [0.717, 1.165) is 0 Å². The molecule has 8 heteroatoms. The summed E-state index contributed by atoms with van der Waals surface area (Å²) in [6, 6.07) is 10.5. The number of anilines is 1. The van der Waals surface area contributed by atoms with Crippen LogP contribution in [0.25, 0.3) is 0 Å². The van der Waals surface area contributed by atoms with Crippen LogP contribution >= 0.6 is 11.6 Å². The first kappa shape index (κ1) is 19.8. The number of benzene rings is 2. The van der Waals surface area contributed by atoms with E-state index in [1.807, 2.05) is 0 Å². The Hall–Kier alpha value is -2.93. The van der Waals surface area contributed by atoms with Crippen molar-refractivity contribution < 1.29 is 18.8 Å². The van der Waals surface area contributed by atoms with Crippen molar-refractivity contribution >= 4 is 35.0 Å². The normalized spacial score (nSPS) is 14.0. The average Bonchev–Trinajstić information content (AvgIpc) is 2.69. The molecule has 1 saturated heterocycles. The van der Waals surface area contributed by atoms with Crippen molar-refractivity contribution in [2.75, 3.05) is 31.5 Å². The zero-order valence-electron chi connectivity index (χ0n) is 15.2. The zero-order valence-corrected chi connectivity index (χ0v) is 16.0. The molecule has 2 aromatic rings. The molecular formula is C20H19ClFN3O3. The van der Waals surface area contributed by atoms with Crippen LogP contribution in [0.5, 0.6) is 0 Å². The summed E-state index contributed by atoms with van der Waals surface area (Å²) in [5.41, 5.74) is 1.04. The monoisotopic (exact) mass is 403 g/mol. The van der Waals surface area contributed by atoms with Crippen LogP contribution in [0.3, 0.4) is 0 Å². The second-order valence-electron chi connectivity index (χ2n) is 6.47. The first-order chi connectivity index (χ1) is 13.3. The number of carbonyl (C=O) groups is 3. The van der Waals surface area contributed by atoms with Gasteiger partial charge in [-0.1, -0.05) is 11.6 Å². The van der Waals surface area contributed by atoms with Crippen LogP contribution in [0.4, 0.5) is 10.1 Å². The summed E-state index contributed by atoms with van der Waals surface area (Å²) in [6.45, 7) is 2.72. The minimum Gasteiger partial charge on any atom is -0.335 e. The highest BCUT2D eigenvalue weighted by molar-refractivity contribution is 6.31. The van der Waals surface area contributed by atoms with Gasteiger partial charge in [-0.05, 0) is 42.5 Å². The maximum atomic E-state index is 13.9. The number of piperazine rings is 1. The van der Waals surface area contributed by atoms with Gasteiger partial charge in [-0.25, -0.2) is 4.39 Å². The molecule has 1 aliphatic heterocycles. The molecule has 0 atom stereocenters. The average molecular weight is 404 g/mol. The van der Waals surface area contributed by atoms with Gasteiger partial charge in [-0.2, -0.15) is 0 Å². The number of nitrogens with zero attached hydrogens (tertiary/aromatic N) is 2. The van der Waals surface area contributed by atoms with Crippen molar-refractivity contribution in [2.45, 2.75) is 6.92 Å². The summed E-state index contributed by atoms with van der Waals surface area (Å²) in [6.07, 6.45) is 0. The zero-order chi connectivity index (χ0) is 20.3. The first-order valence-corrected chi connectivity index (χ1v) is 9.14. The molecule has 0 saturated carbocycles. The highest BCUT2D eigenvalue weighted by Crippen LogP contribution is 2.18. The van der Waals surface area contributed by atoms with Gasteiger partial charge in [0.05, 0.1) is 5.56 Å². The van der Waals surface area contributed by atoms with Gasteiger partial charge in [0, 0.05) is 49.4 Å². The lowest BCUT2D eigenvalue weighted by Crippen LogP contribution is -2.50. The largest absolute Gasteiger partial charge is 0.335 e. The molecule has 0 unspecified atom stereocenters. The predicted octanol–water partition coefficient (Wildman–Crippen LogP) is 3.04. The quantitative estimate of drug-likeness (QED) is 0.856. The minimum absolute atomic E-state index is 0.0687. The third-order valence-corrected chi connectivity index (χ3v) is 4.70. The van der Waals surface area contributed by atoms with Crippen molar-refractivity contribution in [1.29, 1.82) is 0 Å². The van der Waals surface area contributed by atoms with Crippen LogP contribution in [0.2, 0.25) is 5.02 Å². The van der Waals surface area contributed by atoms with Crippen molar-refractivity contribution in [1.82, 2.24) is 9.80 Å². The molecule has 28 heavy (non-hydrogen) atoms. The van der Waals surface area contributed by atoms with Crippen molar-refractivity contribution in [3.05, 3.63) is 64.4 Å². The Balaban J connectivity index is 1.61. The van der Waals surface area contributed by atoms with E-state index in [-0.39, 0.29) is 17.4 Å². The number of hydrogen-bond donors (Lipinski definition) is 1. The molecule has 3 rings (SSSR count). The first-order valence-electron chi connectivity index (χ1n) is 8.76. The smallest absolute Gasteiger partial charge is 0.257 e. The molecule has 0 bridgehead atoms. The molecule has 0 radical (unpaired) electrons. The van der Waals surface area contributed by atoms with Gasteiger partial charge >= 0.3 is 0 Å². The highest BCUT2D eigenvalue weighted by Gasteiger charge is 2.27. The van der Waals surface area contributed by atoms with Crippen LogP contribution in [-0.4, -0.2) is 53.7 Å². The van der Waals surface area contributed by atoms with E-state index in [1.54, 1.807) is 29.2 Å². The molecular weight excluding hydrogens is 385 g/mol. The van der Waals surface area contributed by atoms with Gasteiger partial charge in [0.1, 0.15) is 5.82 Å². The standard InChI is InChI=1S/C20H19ClFN3O3/c1-13(26)23-16-5-2-14(3-6-16)19(27)24-8-10-25(11-9-24)20(28)17-12-15(21)4-7-18(17)22/h2-7,12H,8-11H2,1H3,(H,23,26). The van der Waals surface area contributed by atoms with E-state index in [9.17, 15) is 18.8 Å². The molecule has 3 amide bonds. The van der Waals surface area contributed by atoms with Crippen LogP contribution in [-0.2, 0) is 4.79 Å². The summed E-state index contributed by atoms with van der Waals surface area (Å²) < 4.78 is 13.9. The number of nitrogens with one attached hydrogen (secondary N) is 1. The number of rotatable bonds is 3. The van der Waals surface area contributed by atoms with E-state index < -0.39 is 11.7 Å². The number of halogens is 2. The maximum absolute atomic E-state index is 13.9. The summed E-state index contributed by atoms with van der Waals surface area (Å²) in [5.74, 6) is -1.40. The molecule has 2 aromatic carbocycles. The van der Waals surface area contributed by atoms with Crippen molar-refractivity contribution in [3.63, 3.8) is 0 Å². The summed E-state index contributed by atoms with van der Waals surface area (Å²) in [4.78, 5) is 39.4. The van der Waals surface area contributed by atoms with Gasteiger partial charge in [0.25, 0.3) is 11.8 Å². The van der Waals surface area contributed by atoms with Crippen LogP contribution < -0.4 is 5.32 Å². The molecule has 0 aromatic heterocycles. The third kappa shape index (κ3) is 4.48. The lowest BCUT2D eigenvalue weighted by atomic mass is 10.1. The third-order valence-electron chi connectivity index (χ3n) is 4.47. The fourth-order valence-corrected chi connectivity index (χ4v) is 3.20. The summed E-state index contributed by atoms with van der Waals surface area (Å²) in [7, 11) is 0. The van der Waals surface area contributed by atoms with Gasteiger partial charge in [0.15, 0.2) is 0 Å². The second-order valence-corrected chi connectivity index (χ2v) is 6.90. The fraction of sp³-hybridized carbons (Fsp3) is 0.250. The summed E-state index contributed by atoms with van der Waals surface area (Å²) >= 11 is 5.86. The molecule has 1 N–H and O–H groups in total. The Kier molecular flexibility index (Phi) is 5.94. The number of carbonyl (C=O) groups excluding carboxylic acids is 3. The number of hydrogen-bond acceptors (Lipinski definition) is 3. The summed E-state index contributed by atoms with van der Waals surface area (Å²) in [5, 5.41) is 2.94. The topological polar surface area (TPSA) is 69.7 Å². The van der Waals surface area contributed by atoms with E-state index in [2.05, 4.69) is 5.32 Å². The van der Waals surface area contributed by atoms with E-state index in [1.165, 1.54) is 30.0 Å².